The first-order chi connectivity index (χ1) is 6.62. The molecule has 0 aromatic rings. The molecule has 0 aliphatic rings. The highest BCUT2D eigenvalue weighted by Gasteiger charge is 2.37. The molecular weight excluding hydrogens is 230 g/mol. The molecule has 0 aromatic heterocycles. The maximum Gasteiger partial charge on any atom is 0.522 e. The molecule has 0 rings (SSSR count). The van der Waals surface area contributed by atoms with Gasteiger partial charge in [-0.3, -0.25) is 4.74 Å². The van der Waals surface area contributed by atoms with Crippen molar-refractivity contribution in [1.82, 2.24) is 0 Å². The molecule has 0 saturated heterocycles. The van der Waals surface area contributed by atoms with Crippen molar-refractivity contribution in [2.24, 2.45) is 0 Å². The summed E-state index contributed by atoms with van der Waals surface area (Å²) in [5.74, 6) is 0. The highest BCUT2D eigenvalue weighted by atomic mass is 19.4. The molecule has 0 radical (unpaired) electrons. The fourth-order valence-electron chi connectivity index (χ4n) is 0.282. The van der Waals surface area contributed by atoms with Gasteiger partial charge in [0, 0.05) is 7.11 Å². The lowest BCUT2D eigenvalue weighted by Gasteiger charge is -2.08. The summed E-state index contributed by atoms with van der Waals surface area (Å²) in [6.45, 7) is 1.78. The fourth-order valence-corrected chi connectivity index (χ4v) is 0.282. The van der Waals surface area contributed by atoms with Crippen LogP contribution in [-0.2, 0) is 9.47 Å². The zero-order chi connectivity index (χ0) is 12.5. The third kappa shape index (κ3) is 24.6. The third-order valence-electron chi connectivity index (χ3n) is 0.684. The number of halogens is 6. The summed E-state index contributed by atoms with van der Waals surface area (Å²) in [5, 5.41) is 0. The zero-order valence-electron chi connectivity index (χ0n) is 7.78. The normalized spacial score (nSPS) is 11.7. The molecule has 0 amide bonds. The smallest absolute Gasteiger partial charge is 0.381 e. The van der Waals surface area contributed by atoms with E-state index < -0.39 is 19.1 Å². The Morgan fingerprint density at radius 2 is 1.60 bits per heavy atom. The van der Waals surface area contributed by atoms with Crippen molar-refractivity contribution in [3.05, 3.63) is 12.7 Å². The van der Waals surface area contributed by atoms with Gasteiger partial charge in [0.15, 0.2) is 6.61 Å². The van der Waals surface area contributed by atoms with Crippen LogP contribution in [0, 0.1) is 0 Å². The summed E-state index contributed by atoms with van der Waals surface area (Å²) in [4.78, 5) is 0. The minimum atomic E-state index is -5.21. The van der Waals surface area contributed by atoms with Gasteiger partial charge in [-0.05, 0) is 0 Å². The number of rotatable bonds is 3. The van der Waals surface area contributed by atoms with Crippen LogP contribution in [0.3, 0.4) is 0 Å². The lowest BCUT2D eigenvalue weighted by Crippen LogP contribution is -2.24. The van der Waals surface area contributed by atoms with Gasteiger partial charge in [-0.1, -0.05) is 6.08 Å². The number of hydrogen-bond donors (Lipinski definition) is 0. The van der Waals surface area contributed by atoms with Gasteiger partial charge >= 0.3 is 12.5 Å². The second kappa shape index (κ2) is 7.52. The molecule has 0 aliphatic heterocycles. The van der Waals surface area contributed by atoms with Crippen LogP contribution in [0.15, 0.2) is 12.7 Å². The molecule has 0 N–H and O–H groups in total. The molecule has 15 heavy (non-hydrogen) atoms. The largest absolute Gasteiger partial charge is 0.522 e. The topological polar surface area (TPSA) is 18.5 Å². The number of ether oxygens (including phenoxy) is 2. The minimum absolute atomic E-state index is 0.653. The maximum atomic E-state index is 11.0. The minimum Gasteiger partial charge on any atom is -0.381 e. The third-order valence-corrected chi connectivity index (χ3v) is 0.684. The Morgan fingerprint density at radius 3 is 1.67 bits per heavy atom. The van der Waals surface area contributed by atoms with Gasteiger partial charge in [-0.2, -0.15) is 13.2 Å². The van der Waals surface area contributed by atoms with E-state index in [0.29, 0.717) is 6.61 Å². The second-order valence-electron chi connectivity index (χ2n) is 2.09. The predicted octanol–water partition coefficient (Wildman–Crippen LogP) is 2.90. The number of hydrogen-bond acceptors (Lipinski definition) is 2. The molecule has 0 spiro atoms. The summed E-state index contributed by atoms with van der Waals surface area (Å²) in [7, 11) is 1.64. The average Bonchev–Trinajstić information content (AvgIpc) is 2.01. The molecule has 0 aliphatic carbocycles. The molecule has 0 heterocycles. The van der Waals surface area contributed by atoms with E-state index in [4.69, 9.17) is 0 Å². The van der Waals surface area contributed by atoms with Gasteiger partial charge in [0.1, 0.15) is 0 Å². The highest BCUT2D eigenvalue weighted by Crippen LogP contribution is 2.22. The van der Waals surface area contributed by atoms with Gasteiger partial charge < -0.3 is 4.74 Å². The molecule has 92 valence electrons. The first kappa shape index (κ1) is 16.7. The van der Waals surface area contributed by atoms with Crippen molar-refractivity contribution in [3.63, 3.8) is 0 Å². The summed E-state index contributed by atoms with van der Waals surface area (Å²) in [6.07, 6.45) is -8.44. The van der Waals surface area contributed by atoms with E-state index in [1.165, 1.54) is 0 Å². The second-order valence-corrected chi connectivity index (χ2v) is 2.09. The van der Waals surface area contributed by atoms with E-state index in [1.807, 2.05) is 0 Å². The Morgan fingerprint density at radius 1 is 1.13 bits per heavy atom. The highest BCUT2D eigenvalue weighted by molar-refractivity contribution is 4.62. The van der Waals surface area contributed by atoms with Crippen LogP contribution in [0.2, 0.25) is 0 Å². The Kier molecular flexibility index (Phi) is 8.35. The van der Waals surface area contributed by atoms with Crippen molar-refractivity contribution in [2.75, 3.05) is 20.3 Å². The van der Waals surface area contributed by atoms with Crippen LogP contribution in [0.5, 0.6) is 0 Å². The van der Waals surface area contributed by atoms with Crippen LogP contribution in [-0.4, -0.2) is 32.9 Å². The number of methoxy groups -OCH3 is 1. The Balaban J connectivity index is 0. The van der Waals surface area contributed by atoms with Gasteiger partial charge in [0.25, 0.3) is 0 Å². The predicted molar refractivity (Wildman–Crippen MR) is 40.1 cm³/mol. The summed E-state index contributed by atoms with van der Waals surface area (Å²) in [6, 6.07) is 0. The molecule has 0 fully saturated rings. The van der Waals surface area contributed by atoms with E-state index in [9.17, 15) is 26.3 Å². The van der Waals surface area contributed by atoms with Crippen molar-refractivity contribution >= 4 is 0 Å². The molecule has 0 atom stereocenters. The fraction of sp³-hybridized carbons (Fsp3) is 0.714. The van der Waals surface area contributed by atoms with E-state index in [2.05, 4.69) is 16.1 Å². The van der Waals surface area contributed by atoms with Gasteiger partial charge in [0.2, 0.25) is 0 Å². The van der Waals surface area contributed by atoms with Crippen molar-refractivity contribution in [1.29, 1.82) is 0 Å². The molecule has 0 saturated carbocycles. The lowest BCUT2D eigenvalue weighted by molar-refractivity contribution is -0.352. The van der Waals surface area contributed by atoms with Crippen LogP contribution >= 0.6 is 0 Å². The van der Waals surface area contributed by atoms with Crippen molar-refractivity contribution in [2.45, 2.75) is 12.5 Å². The van der Waals surface area contributed by atoms with Gasteiger partial charge in [-0.25, -0.2) is 0 Å². The molecule has 2 nitrogen and oxygen atoms in total. The Hall–Kier alpha value is -0.760. The maximum absolute atomic E-state index is 11.0. The Bertz CT molecular complexity index is 148. The van der Waals surface area contributed by atoms with E-state index in [1.54, 1.807) is 13.2 Å². The van der Waals surface area contributed by atoms with Crippen LogP contribution in [0.1, 0.15) is 0 Å². The van der Waals surface area contributed by atoms with Gasteiger partial charge in [0.05, 0.1) is 6.61 Å². The number of alkyl halides is 6. The average molecular weight is 240 g/mol. The van der Waals surface area contributed by atoms with E-state index in [-0.39, 0.29) is 0 Å². The lowest BCUT2D eigenvalue weighted by atomic mass is 10.7. The molecular formula is C7H10F6O2. The first-order valence-electron chi connectivity index (χ1n) is 3.49. The monoisotopic (exact) mass is 240 g/mol. The summed E-state index contributed by atoms with van der Waals surface area (Å²) >= 11 is 0. The quantitative estimate of drug-likeness (QED) is 0.557. The standard InChI is InChI=1S/C4H8O.C3H2F6O/c1-3-4-5-2;4-2(5,6)1-10-3(7,8)9/h3H,1,4H2,2H3;1H2. The SMILES string of the molecule is C=CCOC.FC(F)(F)COC(F)(F)F. The van der Waals surface area contributed by atoms with Crippen LogP contribution < -0.4 is 0 Å². The molecule has 0 aromatic carbocycles. The zero-order valence-corrected chi connectivity index (χ0v) is 7.78. The van der Waals surface area contributed by atoms with Gasteiger partial charge in [-0.15, -0.1) is 19.8 Å². The molecule has 8 heteroatoms. The van der Waals surface area contributed by atoms with Crippen LogP contribution in [0.4, 0.5) is 26.3 Å². The molecule has 0 bridgehead atoms. The first-order valence-corrected chi connectivity index (χ1v) is 3.49. The van der Waals surface area contributed by atoms with Crippen LogP contribution in [0.25, 0.3) is 0 Å². The van der Waals surface area contributed by atoms with Crippen molar-refractivity contribution < 1.29 is 35.8 Å². The molecule has 0 unspecified atom stereocenters. The summed E-state index contributed by atoms with van der Waals surface area (Å²) in [5.41, 5.74) is 0. The van der Waals surface area contributed by atoms with E-state index in [0.717, 1.165) is 0 Å². The van der Waals surface area contributed by atoms with Crippen molar-refractivity contribution in [3.8, 4) is 0 Å². The van der Waals surface area contributed by atoms with E-state index >= 15 is 0 Å². The Labute approximate surface area is 82.5 Å². The summed E-state index contributed by atoms with van der Waals surface area (Å²) < 4.78 is 72.5.